The molecule has 3 aromatic rings. The van der Waals surface area contributed by atoms with Gasteiger partial charge in [0, 0.05) is 18.7 Å². The highest BCUT2D eigenvalue weighted by Crippen LogP contribution is 2.40. The predicted molar refractivity (Wildman–Crippen MR) is 155 cm³/mol. The molecule has 3 aromatic carbocycles. The molecule has 1 amide bonds. The van der Waals surface area contributed by atoms with Crippen molar-refractivity contribution in [3.8, 4) is 5.75 Å². The van der Waals surface area contributed by atoms with E-state index in [0.717, 1.165) is 36.2 Å². The van der Waals surface area contributed by atoms with Crippen LogP contribution in [0.25, 0.3) is 5.76 Å². The van der Waals surface area contributed by atoms with Gasteiger partial charge in [0.05, 0.1) is 11.6 Å². The fourth-order valence-electron chi connectivity index (χ4n) is 5.03. The molecule has 204 valence electrons. The maximum absolute atomic E-state index is 13.4. The third-order valence-corrected chi connectivity index (χ3v) is 7.48. The molecule has 1 saturated heterocycles. The monoisotopic (exact) mass is 526 g/mol. The summed E-state index contributed by atoms with van der Waals surface area (Å²) in [6.45, 7) is 11.3. The first-order valence-corrected chi connectivity index (χ1v) is 13.7. The Hall–Kier alpha value is -3.90. The van der Waals surface area contributed by atoms with Gasteiger partial charge in [0.25, 0.3) is 11.7 Å². The van der Waals surface area contributed by atoms with Crippen molar-refractivity contribution in [3.05, 3.63) is 106 Å². The quantitative estimate of drug-likeness (QED) is 0.191. The zero-order valence-electron chi connectivity index (χ0n) is 23.3. The number of hydrogen-bond acceptors (Lipinski definition) is 5. The number of aryl methyl sites for hydroxylation is 2. The van der Waals surface area contributed by atoms with Gasteiger partial charge in [-0.15, -0.1) is 0 Å². The third-order valence-electron chi connectivity index (χ3n) is 7.48. The number of aliphatic hydroxyl groups excluding tert-OH is 1. The fraction of sp³-hybridized carbons (Fsp3) is 0.333. The highest BCUT2D eigenvalue weighted by Gasteiger charge is 2.46. The molecule has 0 aliphatic carbocycles. The number of rotatable bonds is 11. The molecule has 6 heteroatoms. The maximum atomic E-state index is 13.4. The summed E-state index contributed by atoms with van der Waals surface area (Å²) in [5, 5.41) is 11.5. The molecule has 0 radical (unpaired) electrons. The Morgan fingerprint density at radius 1 is 0.923 bits per heavy atom. The second-order valence-corrected chi connectivity index (χ2v) is 9.87. The van der Waals surface area contributed by atoms with Crippen LogP contribution in [0.15, 0.2) is 78.4 Å². The third kappa shape index (κ3) is 6.23. The summed E-state index contributed by atoms with van der Waals surface area (Å²) in [7, 11) is 0. The van der Waals surface area contributed by atoms with Crippen LogP contribution in [0.3, 0.4) is 0 Å². The number of hydrogen-bond donors (Lipinski definition) is 1. The van der Waals surface area contributed by atoms with Gasteiger partial charge in [-0.25, -0.2) is 0 Å². The Labute approximate surface area is 231 Å². The lowest BCUT2D eigenvalue weighted by atomic mass is 9.94. The molecule has 0 bridgehead atoms. The molecule has 1 N–H and O–H groups in total. The molecule has 1 aliphatic heterocycles. The first kappa shape index (κ1) is 28.1. The Balaban J connectivity index is 1.69. The Morgan fingerprint density at radius 3 is 2.23 bits per heavy atom. The number of Topliss-reactive ketones (excluding diaryl/α,β-unsaturated/α-hetero) is 1. The summed E-state index contributed by atoms with van der Waals surface area (Å²) in [5.41, 5.74) is 4.47. The number of carbonyl (C=O) groups is 2. The number of carbonyl (C=O) groups excluding carboxylic acids is 2. The lowest BCUT2D eigenvalue weighted by Crippen LogP contribution is -2.38. The van der Waals surface area contributed by atoms with Gasteiger partial charge in [0.2, 0.25) is 0 Å². The van der Waals surface area contributed by atoms with Crippen molar-refractivity contribution in [1.82, 2.24) is 9.80 Å². The van der Waals surface area contributed by atoms with E-state index in [4.69, 9.17) is 4.74 Å². The molecular formula is C33H38N2O4. The van der Waals surface area contributed by atoms with Crippen LogP contribution in [0.2, 0.25) is 0 Å². The summed E-state index contributed by atoms with van der Waals surface area (Å²) >= 11 is 0. The lowest BCUT2D eigenvalue weighted by molar-refractivity contribution is -0.140. The summed E-state index contributed by atoms with van der Waals surface area (Å²) in [6.07, 6.45) is 0.889. The van der Waals surface area contributed by atoms with E-state index >= 15 is 0 Å². The number of benzene rings is 3. The second kappa shape index (κ2) is 12.8. The molecule has 0 unspecified atom stereocenters. The predicted octanol–water partition coefficient (Wildman–Crippen LogP) is 5.90. The van der Waals surface area contributed by atoms with Crippen LogP contribution in [0.4, 0.5) is 0 Å². The van der Waals surface area contributed by atoms with Gasteiger partial charge in [-0.05, 0) is 66.9 Å². The maximum Gasteiger partial charge on any atom is 0.295 e. The Bertz CT molecular complexity index is 1330. The van der Waals surface area contributed by atoms with E-state index in [1.165, 1.54) is 5.56 Å². The van der Waals surface area contributed by atoms with Crippen molar-refractivity contribution in [2.45, 2.75) is 46.8 Å². The van der Waals surface area contributed by atoms with Crippen molar-refractivity contribution in [1.29, 1.82) is 0 Å². The van der Waals surface area contributed by atoms with E-state index < -0.39 is 17.7 Å². The van der Waals surface area contributed by atoms with Crippen LogP contribution in [0, 0.1) is 6.92 Å². The number of ether oxygens (including phenoxy) is 1. The van der Waals surface area contributed by atoms with Crippen molar-refractivity contribution in [2.24, 2.45) is 0 Å². The largest absolute Gasteiger partial charge is 0.507 e. The van der Waals surface area contributed by atoms with Crippen LogP contribution in [0.5, 0.6) is 5.75 Å². The second-order valence-electron chi connectivity index (χ2n) is 9.87. The average molecular weight is 527 g/mol. The SMILES string of the molecule is CCc1ccc([C@@H]2/C(=C(\O)c3ccc(OCc4ccccc4)c(C)c3)C(=O)C(=O)N2CCN(CC)CC)cc1. The minimum Gasteiger partial charge on any atom is -0.507 e. The van der Waals surface area contributed by atoms with Gasteiger partial charge in [0.1, 0.15) is 18.1 Å². The van der Waals surface area contributed by atoms with Crippen LogP contribution >= 0.6 is 0 Å². The lowest BCUT2D eigenvalue weighted by Gasteiger charge is -2.28. The molecule has 0 spiro atoms. The summed E-state index contributed by atoms with van der Waals surface area (Å²) in [6, 6.07) is 22.5. The zero-order chi connectivity index (χ0) is 27.9. The average Bonchev–Trinajstić information content (AvgIpc) is 3.22. The summed E-state index contributed by atoms with van der Waals surface area (Å²) in [4.78, 5) is 30.5. The zero-order valence-corrected chi connectivity index (χ0v) is 23.3. The molecule has 1 atom stereocenters. The van der Waals surface area contributed by atoms with Gasteiger partial charge < -0.3 is 19.6 Å². The van der Waals surface area contributed by atoms with Crippen molar-refractivity contribution >= 4 is 17.4 Å². The van der Waals surface area contributed by atoms with Crippen molar-refractivity contribution < 1.29 is 19.4 Å². The van der Waals surface area contributed by atoms with E-state index in [0.29, 0.717) is 31.0 Å². The number of likely N-dealkylation sites (tertiary alicyclic amines) is 1. The van der Waals surface area contributed by atoms with Gasteiger partial charge in [-0.1, -0.05) is 75.4 Å². The highest BCUT2D eigenvalue weighted by atomic mass is 16.5. The molecule has 0 aromatic heterocycles. The molecule has 1 heterocycles. The number of nitrogens with zero attached hydrogens (tertiary/aromatic N) is 2. The van der Waals surface area contributed by atoms with E-state index in [1.807, 2.05) is 61.5 Å². The minimum atomic E-state index is -0.654. The summed E-state index contributed by atoms with van der Waals surface area (Å²) < 4.78 is 5.99. The van der Waals surface area contributed by atoms with Crippen molar-refractivity contribution in [2.75, 3.05) is 26.2 Å². The highest BCUT2D eigenvalue weighted by molar-refractivity contribution is 6.46. The van der Waals surface area contributed by atoms with E-state index in [1.54, 1.807) is 23.1 Å². The van der Waals surface area contributed by atoms with E-state index in [9.17, 15) is 14.7 Å². The molecule has 6 nitrogen and oxygen atoms in total. The van der Waals surface area contributed by atoms with E-state index in [-0.39, 0.29) is 11.3 Å². The topological polar surface area (TPSA) is 70.1 Å². The van der Waals surface area contributed by atoms with Crippen molar-refractivity contribution in [3.63, 3.8) is 0 Å². The molecule has 1 fully saturated rings. The number of likely N-dealkylation sites (N-methyl/N-ethyl adjacent to an activating group) is 1. The van der Waals surface area contributed by atoms with Gasteiger partial charge in [-0.2, -0.15) is 0 Å². The normalized spacial score (nSPS) is 16.7. The van der Waals surface area contributed by atoms with Gasteiger partial charge in [-0.3, -0.25) is 9.59 Å². The first-order chi connectivity index (χ1) is 18.9. The fourth-order valence-corrected chi connectivity index (χ4v) is 5.03. The molecule has 0 saturated carbocycles. The number of amides is 1. The van der Waals surface area contributed by atoms with E-state index in [2.05, 4.69) is 25.7 Å². The van der Waals surface area contributed by atoms with Crippen LogP contribution < -0.4 is 4.74 Å². The molecule has 4 rings (SSSR count). The number of ketones is 1. The van der Waals surface area contributed by atoms with Crippen LogP contribution in [0.1, 0.15) is 54.6 Å². The first-order valence-electron chi connectivity index (χ1n) is 13.7. The molecule has 1 aliphatic rings. The minimum absolute atomic E-state index is 0.126. The van der Waals surface area contributed by atoms with Gasteiger partial charge >= 0.3 is 0 Å². The standard InChI is InChI=1S/C33H38N2O4/c1-5-24-13-15-26(16-14-24)30-29(32(37)33(38)35(30)20-19-34(6-2)7-3)31(36)27-17-18-28(23(4)21-27)39-22-25-11-9-8-10-12-25/h8-18,21,30,36H,5-7,19-20,22H2,1-4H3/b31-29+/t30-/m1/s1. The Kier molecular flexibility index (Phi) is 9.20. The van der Waals surface area contributed by atoms with Crippen LogP contribution in [-0.4, -0.2) is 52.8 Å². The van der Waals surface area contributed by atoms with Gasteiger partial charge in [0.15, 0.2) is 0 Å². The smallest absolute Gasteiger partial charge is 0.295 e. The number of aliphatic hydroxyl groups is 1. The van der Waals surface area contributed by atoms with Crippen LogP contribution in [-0.2, 0) is 22.6 Å². The summed E-state index contributed by atoms with van der Waals surface area (Å²) in [5.74, 6) is -0.700. The molecular weight excluding hydrogens is 488 g/mol. The molecule has 39 heavy (non-hydrogen) atoms. The Morgan fingerprint density at radius 2 is 1.62 bits per heavy atom.